The topological polar surface area (TPSA) is 81.5 Å². The first-order valence-corrected chi connectivity index (χ1v) is 7.77. The highest BCUT2D eigenvalue weighted by Crippen LogP contribution is 2.23. The van der Waals surface area contributed by atoms with Crippen molar-refractivity contribution >= 4 is 17.8 Å². The zero-order chi connectivity index (χ0) is 20.0. The molecule has 0 unspecified atom stereocenters. The number of carbonyl (C=O) groups excluding carboxylic acids is 3. The van der Waals surface area contributed by atoms with Gasteiger partial charge in [0.15, 0.2) is 23.1 Å². The summed E-state index contributed by atoms with van der Waals surface area (Å²) in [5.74, 6) is -7.26. The van der Waals surface area contributed by atoms with Gasteiger partial charge in [0.2, 0.25) is 0 Å². The maximum absolute atomic E-state index is 13.3. The average molecular weight is 387 g/mol. The summed E-state index contributed by atoms with van der Waals surface area (Å²) in [6.45, 7) is 0. The van der Waals surface area contributed by atoms with E-state index in [1.165, 1.54) is 18.3 Å². The van der Waals surface area contributed by atoms with Crippen molar-refractivity contribution in [1.82, 2.24) is 14.8 Å². The highest BCUT2D eigenvalue weighted by Gasteiger charge is 2.39. The van der Waals surface area contributed by atoms with Crippen LogP contribution in [-0.4, -0.2) is 32.6 Å². The number of fused-ring (bicyclic) bond motifs is 1. The van der Waals surface area contributed by atoms with Crippen molar-refractivity contribution in [2.24, 2.45) is 0 Å². The van der Waals surface area contributed by atoms with Gasteiger partial charge >= 0.3 is 5.97 Å². The minimum Gasteiger partial charge on any atom is -0.322 e. The molecule has 1 aliphatic heterocycles. The van der Waals surface area contributed by atoms with E-state index >= 15 is 0 Å². The Labute approximate surface area is 154 Å². The summed E-state index contributed by atoms with van der Waals surface area (Å²) in [6, 6.07) is 8.44. The molecule has 0 fully saturated rings. The predicted molar refractivity (Wildman–Crippen MR) is 85.8 cm³/mol. The Morgan fingerprint density at radius 1 is 0.929 bits per heavy atom. The van der Waals surface area contributed by atoms with Crippen LogP contribution in [-0.2, 0) is 4.84 Å². The van der Waals surface area contributed by atoms with E-state index in [0.717, 1.165) is 10.7 Å². The van der Waals surface area contributed by atoms with Crippen LogP contribution in [0.5, 0.6) is 0 Å². The molecule has 0 N–H and O–H groups in total. The van der Waals surface area contributed by atoms with E-state index in [9.17, 15) is 27.6 Å². The number of aromatic nitrogens is 2. The van der Waals surface area contributed by atoms with Crippen LogP contribution in [0.4, 0.5) is 13.2 Å². The van der Waals surface area contributed by atoms with Gasteiger partial charge in [-0.25, -0.2) is 22.6 Å². The Balaban J connectivity index is 1.56. The largest absolute Gasteiger partial charge is 0.384 e. The molecule has 7 nitrogen and oxygen atoms in total. The Kier molecular flexibility index (Phi) is 3.95. The number of carbonyl (C=O) groups is 3. The van der Waals surface area contributed by atoms with E-state index in [0.29, 0.717) is 17.2 Å². The number of benzene rings is 2. The second kappa shape index (κ2) is 6.34. The zero-order valence-electron chi connectivity index (χ0n) is 13.7. The Morgan fingerprint density at radius 2 is 1.50 bits per heavy atom. The van der Waals surface area contributed by atoms with Gasteiger partial charge in [0.1, 0.15) is 0 Å². The smallest absolute Gasteiger partial charge is 0.322 e. The minimum absolute atomic E-state index is 0.0862. The van der Waals surface area contributed by atoms with Gasteiger partial charge in [-0.15, -0.1) is 0 Å². The van der Waals surface area contributed by atoms with Crippen LogP contribution in [0.3, 0.4) is 0 Å². The molecular weight excluding hydrogens is 379 g/mol. The lowest BCUT2D eigenvalue weighted by atomic mass is 10.1. The third-order valence-corrected chi connectivity index (χ3v) is 3.96. The molecule has 4 rings (SSSR count). The Hall–Kier alpha value is -3.95. The van der Waals surface area contributed by atoms with Crippen molar-refractivity contribution in [2.45, 2.75) is 0 Å². The normalized spacial score (nSPS) is 13.0. The Bertz CT molecular complexity index is 1100. The molecule has 2 heterocycles. The zero-order valence-corrected chi connectivity index (χ0v) is 13.7. The molecular formula is C18H8F3N3O4. The van der Waals surface area contributed by atoms with E-state index in [1.807, 2.05) is 0 Å². The lowest BCUT2D eigenvalue weighted by molar-refractivity contribution is -0.0588. The number of hydrogen-bond acceptors (Lipinski definition) is 5. The van der Waals surface area contributed by atoms with Crippen LogP contribution in [0.25, 0.3) is 5.69 Å². The molecule has 140 valence electrons. The van der Waals surface area contributed by atoms with Crippen LogP contribution in [0.15, 0.2) is 48.7 Å². The summed E-state index contributed by atoms with van der Waals surface area (Å²) in [5, 5.41) is 4.08. The molecule has 0 radical (unpaired) electrons. The molecule has 0 saturated carbocycles. The summed E-state index contributed by atoms with van der Waals surface area (Å²) < 4.78 is 40.7. The van der Waals surface area contributed by atoms with Crippen molar-refractivity contribution in [2.75, 3.05) is 0 Å². The number of hydrogen-bond donors (Lipinski definition) is 0. The van der Waals surface area contributed by atoms with E-state index < -0.39 is 35.2 Å². The summed E-state index contributed by atoms with van der Waals surface area (Å²) >= 11 is 0. The van der Waals surface area contributed by atoms with Crippen LogP contribution in [0.1, 0.15) is 31.2 Å². The number of amides is 2. The predicted octanol–water partition coefficient (Wildman–Crippen LogP) is 2.66. The third-order valence-electron chi connectivity index (χ3n) is 3.96. The molecule has 0 bridgehead atoms. The van der Waals surface area contributed by atoms with Gasteiger partial charge in [-0.1, -0.05) is 17.2 Å². The molecule has 3 aromatic rings. The molecule has 10 heteroatoms. The summed E-state index contributed by atoms with van der Waals surface area (Å²) in [4.78, 5) is 41.4. The van der Waals surface area contributed by atoms with Crippen LogP contribution in [0, 0.1) is 17.5 Å². The number of nitrogens with zero attached hydrogens (tertiary/aromatic N) is 3. The van der Waals surface area contributed by atoms with Crippen molar-refractivity contribution in [3.8, 4) is 5.69 Å². The summed E-state index contributed by atoms with van der Waals surface area (Å²) in [6.07, 6.45) is 1.17. The molecule has 0 aliphatic carbocycles. The van der Waals surface area contributed by atoms with Gasteiger partial charge in [0, 0.05) is 18.3 Å². The minimum atomic E-state index is -1.64. The highest BCUT2D eigenvalue weighted by atomic mass is 19.2. The van der Waals surface area contributed by atoms with Gasteiger partial charge in [-0.2, -0.15) is 5.10 Å². The molecule has 2 aromatic carbocycles. The van der Waals surface area contributed by atoms with Crippen LogP contribution in [0.2, 0.25) is 0 Å². The van der Waals surface area contributed by atoms with Gasteiger partial charge in [-0.05, 0) is 18.2 Å². The standard InChI is InChI=1S/C18H8F3N3O4/c19-12-7-9(8-13(20)15(12)21)23-6-5-14(22-23)18(27)28-24-16(25)10-3-1-2-4-11(10)17(24)26/h1-8H. The van der Waals surface area contributed by atoms with Crippen molar-refractivity contribution in [3.63, 3.8) is 0 Å². The molecule has 28 heavy (non-hydrogen) atoms. The fourth-order valence-electron chi connectivity index (χ4n) is 2.63. The monoisotopic (exact) mass is 387 g/mol. The number of hydroxylamine groups is 2. The van der Waals surface area contributed by atoms with Crippen LogP contribution < -0.4 is 0 Å². The van der Waals surface area contributed by atoms with E-state index in [1.54, 1.807) is 12.1 Å². The van der Waals surface area contributed by atoms with Gasteiger partial charge in [-0.3, -0.25) is 9.59 Å². The average Bonchev–Trinajstić information content (AvgIpc) is 3.26. The first-order chi connectivity index (χ1) is 13.4. The van der Waals surface area contributed by atoms with Gasteiger partial charge < -0.3 is 4.84 Å². The SMILES string of the molecule is O=C(ON1C(=O)c2ccccc2C1=O)c1ccn(-c2cc(F)c(F)c(F)c2)n1. The van der Waals surface area contributed by atoms with Gasteiger partial charge in [0.05, 0.1) is 16.8 Å². The van der Waals surface area contributed by atoms with Crippen molar-refractivity contribution in [1.29, 1.82) is 0 Å². The second-order valence-electron chi connectivity index (χ2n) is 5.70. The first kappa shape index (κ1) is 17.5. The van der Waals surface area contributed by atoms with Gasteiger partial charge in [0.25, 0.3) is 11.8 Å². The van der Waals surface area contributed by atoms with Crippen molar-refractivity contribution < 1.29 is 32.4 Å². The molecule has 0 saturated heterocycles. The quantitative estimate of drug-likeness (QED) is 0.510. The fourth-order valence-corrected chi connectivity index (χ4v) is 2.63. The molecule has 0 atom stereocenters. The lowest BCUT2D eigenvalue weighted by Crippen LogP contribution is -2.32. The number of halogens is 3. The second-order valence-corrected chi connectivity index (χ2v) is 5.70. The fraction of sp³-hybridized carbons (Fsp3) is 0. The maximum atomic E-state index is 13.3. The summed E-state index contributed by atoms with van der Waals surface area (Å²) in [5.41, 5.74) is -0.357. The molecule has 1 aromatic heterocycles. The van der Waals surface area contributed by atoms with E-state index in [4.69, 9.17) is 4.84 Å². The molecule has 2 amide bonds. The third kappa shape index (κ3) is 2.71. The Morgan fingerprint density at radius 3 is 2.07 bits per heavy atom. The first-order valence-electron chi connectivity index (χ1n) is 7.77. The van der Waals surface area contributed by atoms with E-state index in [-0.39, 0.29) is 22.5 Å². The maximum Gasteiger partial charge on any atom is 0.384 e. The number of rotatable bonds is 3. The highest BCUT2D eigenvalue weighted by molar-refractivity contribution is 6.21. The lowest BCUT2D eigenvalue weighted by Gasteiger charge is -2.11. The molecule has 1 aliphatic rings. The number of imide groups is 1. The van der Waals surface area contributed by atoms with E-state index in [2.05, 4.69) is 5.10 Å². The molecule has 0 spiro atoms. The van der Waals surface area contributed by atoms with Crippen molar-refractivity contribution in [3.05, 3.63) is 82.9 Å². The van der Waals surface area contributed by atoms with Crippen LogP contribution >= 0.6 is 0 Å². The summed E-state index contributed by atoms with van der Waals surface area (Å²) in [7, 11) is 0.